The van der Waals surface area contributed by atoms with Crippen LogP contribution < -0.4 is 5.69 Å². The van der Waals surface area contributed by atoms with Gasteiger partial charge in [-0.1, -0.05) is 6.07 Å². The topological polar surface area (TPSA) is 80.9 Å². The molecule has 1 N–H and O–H groups in total. The molecule has 0 aliphatic rings. The summed E-state index contributed by atoms with van der Waals surface area (Å²) in [4.78, 5) is 18.9. The molecule has 3 heterocycles. The standard InChI is InChI=1S/C17H15F3N6O/c1-8(2)25-7-11(9(3)23-25)14-22-15-10-5-4-6-12(17(18,19)20)13(10)21-16(27)26(15)24-14/h4-8H,1-3H3,(H,21,27). The fourth-order valence-corrected chi connectivity index (χ4v) is 2.98. The van der Waals surface area contributed by atoms with Crippen molar-refractivity contribution in [1.82, 2.24) is 29.4 Å². The molecule has 0 atom stereocenters. The second-order valence-electron chi connectivity index (χ2n) is 6.53. The molecule has 0 spiro atoms. The summed E-state index contributed by atoms with van der Waals surface area (Å²) < 4.78 is 42.5. The summed E-state index contributed by atoms with van der Waals surface area (Å²) in [5.41, 5.74) is -0.680. The quantitative estimate of drug-likeness (QED) is 0.582. The van der Waals surface area contributed by atoms with Gasteiger partial charge in [-0.15, -0.1) is 5.10 Å². The Hall–Kier alpha value is -3.17. The van der Waals surface area contributed by atoms with E-state index in [0.29, 0.717) is 11.3 Å². The molecule has 0 unspecified atom stereocenters. The normalized spacial score (nSPS) is 12.6. The minimum atomic E-state index is -4.60. The number of nitrogens with one attached hydrogen (secondary N) is 1. The monoisotopic (exact) mass is 376 g/mol. The zero-order valence-corrected chi connectivity index (χ0v) is 14.7. The van der Waals surface area contributed by atoms with E-state index in [-0.39, 0.29) is 28.4 Å². The number of aryl methyl sites for hydroxylation is 1. The highest BCUT2D eigenvalue weighted by molar-refractivity contribution is 5.93. The number of rotatable bonds is 2. The van der Waals surface area contributed by atoms with Crippen LogP contribution in [-0.4, -0.2) is 29.4 Å². The maximum absolute atomic E-state index is 13.3. The number of halogens is 3. The molecule has 10 heteroatoms. The first kappa shape index (κ1) is 17.3. The molecule has 0 bridgehead atoms. The highest BCUT2D eigenvalue weighted by atomic mass is 19.4. The molecule has 4 rings (SSSR count). The number of hydrogen-bond acceptors (Lipinski definition) is 4. The third-order valence-corrected chi connectivity index (χ3v) is 4.33. The number of fused-ring (bicyclic) bond motifs is 3. The van der Waals surface area contributed by atoms with Gasteiger partial charge in [0, 0.05) is 17.6 Å². The second-order valence-corrected chi connectivity index (χ2v) is 6.53. The van der Waals surface area contributed by atoms with Crippen LogP contribution in [0, 0.1) is 6.92 Å². The molecule has 0 aliphatic heterocycles. The molecule has 7 nitrogen and oxygen atoms in total. The Bertz CT molecular complexity index is 1230. The van der Waals surface area contributed by atoms with Crippen molar-refractivity contribution < 1.29 is 13.2 Å². The Morgan fingerprint density at radius 1 is 1.19 bits per heavy atom. The van der Waals surface area contributed by atoms with Crippen molar-refractivity contribution in [3.63, 3.8) is 0 Å². The first-order valence-electron chi connectivity index (χ1n) is 8.22. The predicted octanol–water partition coefficient (Wildman–Crippen LogP) is 3.34. The number of aromatic amines is 1. The third-order valence-electron chi connectivity index (χ3n) is 4.33. The molecule has 0 aliphatic carbocycles. The van der Waals surface area contributed by atoms with E-state index in [1.165, 1.54) is 12.1 Å². The fourth-order valence-electron chi connectivity index (χ4n) is 2.98. The van der Waals surface area contributed by atoms with Crippen molar-refractivity contribution >= 4 is 16.6 Å². The van der Waals surface area contributed by atoms with Crippen LogP contribution in [0.3, 0.4) is 0 Å². The summed E-state index contributed by atoms with van der Waals surface area (Å²) in [6.45, 7) is 5.71. The van der Waals surface area contributed by atoms with Gasteiger partial charge in [0.15, 0.2) is 11.5 Å². The SMILES string of the molecule is Cc1nn(C(C)C)cc1-c1nc2c3cccc(C(F)(F)F)c3[nH]c(=O)n2n1. The Morgan fingerprint density at radius 3 is 2.56 bits per heavy atom. The van der Waals surface area contributed by atoms with Gasteiger partial charge in [0.2, 0.25) is 0 Å². The van der Waals surface area contributed by atoms with Gasteiger partial charge in [-0.05, 0) is 32.9 Å². The van der Waals surface area contributed by atoms with Crippen molar-refractivity contribution in [3.8, 4) is 11.4 Å². The lowest BCUT2D eigenvalue weighted by Gasteiger charge is -2.09. The van der Waals surface area contributed by atoms with Gasteiger partial charge in [-0.3, -0.25) is 4.68 Å². The molecular weight excluding hydrogens is 361 g/mol. The minimum absolute atomic E-state index is 0.0616. The van der Waals surface area contributed by atoms with Gasteiger partial charge >= 0.3 is 11.9 Å². The maximum atomic E-state index is 13.3. The number of hydrogen-bond donors (Lipinski definition) is 1. The zero-order chi connectivity index (χ0) is 19.5. The average molecular weight is 376 g/mol. The summed E-state index contributed by atoms with van der Waals surface area (Å²) >= 11 is 0. The Morgan fingerprint density at radius 2 is 1.93 bits per heavy atom. The molecular formula is C17H15F3N6O. The van der Waals surface area contributed by atoms with Gasteiger partial charge < -0.3 is 4.98 Å². The molecule has 0 amide bonds. The van der Waals surface area contributed by atoms with Crippen molar-refractivity contribution in [3.05, 3.63) is 46.1 Å². The number of benzene rings is 1. The number of H-pyrrole nitrogens is 1. The lowest BCUT2D eigenvalue weighted by atomic mass is 10.1. The zero-order valence-electron chi connectivity index (χ0n) is 14.7. The van der Waals surface area contributed by atoms with Gasteiger partial charge in [-0.2, -0.15) is 22.8 Å². The van der Waals surface area contributed by atoms with E-state index < -0.39 is 17.4 Å². The molecule has 0 fully saturated rings. The van der Waals surface area contributed by atoms with Gasteiger partial charge in [0.25, 0.3) is 0 Å². The van der Waals surface area contributed by atoms with Gasteiger partial charge in [-0.25, -0.2) is 9.78 Å². The van der Waals surface area contributed by atoms with Crippen molar-refractivity contribution in [2.45, 2.75) is 33.0 Å². The lowest BCUT2D eigenvalue weighted by molar-refractivity contribution is -0.136. The first-order valence-corrected chi connectivity index (χ1v) is 8.22. The lowest BCUT2D eigenvalue weighted by Crippen LogP contribution is -2.19. The van der Waals surface area contributed by atoms with Crippen LogP contribution >= 0.6 is 0 Å². The summed E-state index contributed by atoms with van der Waals surface area (Å²) in [5.74, 6) is 0.231. The van der Waals surface area contributed by atoms with E-state index in [1.54, 1.807) is 17.8 Å². The molecule has 0 radical (unpaired) electrons. The average Bonchev–Trinajstić information content (AvgIpc) is 3.18. The maximum Gasteiger partial charge on any atom is 0.418 e. The third kappa shape index (κ3) is 2.68. The van der Waals surface area contributed by atoms with E-state index in [1.807, 2.05) is 13.8 Å². The molecule has 1 aromatic carbocycles. The second kappa shape index (κ2) is 5.66. The largest absolute Gasteiger partial charge is 0.418 e. The van der Waals surface area contributed by atoms with Crippen LogP contribution in [0.15, 0.2) is 29.2 Å². The number of nitrogens with zero attached hydrogens (tertiary/aromatic N) is 5. The van der Waals surface area contributed by atoms with Crippen LogP contribution in [0.1, 0.15) is 31.1 Å². The molecule has 3 aromatic heterocycles. The molecule has 0 saturated heterocycles. The Balaban J connectivity index is 2.02. The van der Waals surface area contributed by atoms with Crippen LogP contribution in [-0.2, 0) is 6.18 Å². The fraction of sp³-hybridized carbons (Fsp3) is 0.294. The van der Waals surface area contributed by atoms with E-state index in [0.717, 1.165) is 10.6 Å². The van der Waals surface area contributed by atoms with Crippen LogP contribution in [0.5, 0.6) is 0 Å². The highest BCUT2D eigenvalue weighted by Gasteiger charge is 2.33. The van der Waals surface area contributed by atoms with Crippen molar-refractivity contribution in [2.75, 3.05) is 0 Å². The smallest absolute Gasteiger partial charge is 0.305 e. The molecule has 140 valence electrons. The molecule has 4 aromatic rings. The summed E-state index contributed by atoms with van der Waals surface area (Å²) in [6.07, 6.45) is -2.84. The van der Waals surface area contributed by atoms with E-state index in [2.05, 4.69) is 20.2 Å². The molecule has 27 heavy (non-hydrogen) atoms. The Kier molecular flexibility index (Phi) is 3.62. The minimum Gasteiger partial charge on any atom is -0.305 e. The number of para-hydroxylation sites is 1. The van der Waals surface area contributed by atoms with E-state index in [9.17, 15) is 18.0 Å². The van der Waals surface area contributed by atoms with Crippen molar-refractivity contribution in [1.29, 1.82) is 0 Å². The number of alkyl halides is 3. The summed E-state index contributed by atoms with van der Waals surface area (Å²) in [5, 5.41) is 8.73. The van der Waals surface area contributed by atoms with Crippen LogP contribution in [0.2, 0.25) is 0 Å². The molecule has 0 saturated carbocycles. The van der Waals surface area contributed by atoms with Gasteiger partial charge in [0.05, 0.1) is 22.3 Å². The van der Waals surface area contributed by atoms with E-state index in [4.69, 9.17) is 0 Å². The van der Waals surface area contributed by atoms with Crippen LogP contribution in [0.25, 0.3) is 27.9 Å². The van der Waals surface area contributed by atoms with Crippen molar-refractivity contribution in [2.24, 2.45) is 0 Å². The van der Waals surface area contributed by atoms with Gasteiger partial charge in [0.1, 0.15) is 0 Å². The summed E-state index contributed by atoms with van der Waals surface area (Å²) in [6, 6.07) is 3.79. The first-order chi connectivity index (χ1) is 12.7. The van der Waals surface area contributed by atoms with Crippen LogP contribution in [0.4, 0.5) is 13.2 Å². The predicted molar refractivity (Wildman–Crippen MR) is 92.5 cm³/mol. The summed E-state index contributed by atoms with van der Waals surface area (Å²) in [7, 11) is 0. The Labute approximate surface area is 150 Å². The highest BCUT2D eigenvalue weighted by Crippen LogP contribution is 2.34. The van der Waals surface area contributed by atoms with E-state index >= 15 is 0 Å². The number of aromatic nitrogens is 6.